The van der Waals surface area contributed by atoms with Crippen LogP contribution in [-0.4, -0.2) is 31.0 Å². The minimum Gasteiger partial charge on any atom is -0.426 e. The van der Waals surface area contributed by atoms with Gasteiger partial charge in [0.05, 0.1) is 5.56 Å². The van der Waals surface area contributed by atoms with E-state index in [0.717, 1.165) is 42.8 Å². The number of anilines is 1. The second-order valence-corrected chi connectivity index (χ2v) is 7.47. The van der Waals surface area contributed by atoms with E-state index in [1.54, 1.807) is 0 Å². The summed E-state index contributed by atoms with van der Waals surface area (Å²) in [6, 6.07) is 16.1. The van der Waals surface area contributed by atoms with Crippen LogP contribution in [0.2, 0.25) is 0 Å². The number of nitrogens with zero attached hydrogens (tertiary/aromatic N) is 2. The Kier molecular flexibility index (Phi) is 5.18. The third-order valence-electron chi connectivity index (χ3n) is 5.97. The number of fused-ring (bicyclic) bond motifs is 1. The van der Waals surface area contributed by atoms with Crippen molar-refractivity contribution in [1.29, 1.82) is 0 Å². The van der Waals surface area contributed by atoms with Crippen molar-refractivity contribution in [2.75, 3.05) is 25.0 Å². The Morgan fingerprint density at radius 1 is 1.00 bits per heavy atom. The number of ether oxygens (including phenoxy) is 1. The van der Waals surface area contributed by atoms with E-state index in [9.17, 15) is 4.79 Å². The summed E-state index contributed by atoms with van der Waals surface area (Å²) in [6.07, 6.45) is 8.53. The van der Waals surface area contributed by atoms with E-state index in [1.807, 2.05) is 31.3 Å². The van der Waals surface area contributed by atoms with Gasteiger partial charge in [0.2, 0.25) is 5.72 Å². The quantitative estimate of drug-likeness (QED) is 0.647. The van der Waals surface area contributed by atoms with Gasteiger partial charge in [-0.25, -0.2) is 4.79 Å². The summed E-state index contributed by atoms with van der Waals surface area (Å²) in [7, 11) is 2.01. The molecule has 1 heterocycles. The van der Waals surface area contributed by atoms with Crippen molar-refractivity contribution in [3.63, 3.8) is 0 Å². The molecule has 150 valence electrons. The lowest BCUT2D eigenvalue weighted by Crippen LogP contribution is -2.44. The van der Waals surface area contributed by atoms with E-state index in [1.165, 1.54) is 5.69 Å². The highest BCUT2D eigenvalue weighted by Crippen LogP contribution is 2.46. The Hall–Kier alpha value is -3.01. The van der Waals surface area contributed by atoms with Gasteiger partial charge in [0.15, 0.2) is 0 Å². The number of carbonyl (C=O) groups is 1. The molecule has 2 aliphatic rings. The molecule has 0 bridgehead atoms. The minimum absolute atomic E-state index is 0.277. The molecule has 1 aliphatic heterocycles. The van der Waals surface area contributed by atoms with Gasteiger partial charge in [0.1, 0.15) is 0 Å². The largest absolute Gasteiger partial charge is 0.426 e. The first-order valence-corrected chi connectivity index (χ1v) is 10.4. The number of hydrogen-bond acceptors (Lipinski definition) is 4. The normalized spacial score (nSPS) is 20.1. The maximum atomic E-state index is 12.8. The number of likely N-dealkylation sites (N-methyl/N-ethyl adjacent to an activating group) is 1. The zero-order valence-corrected chi connectivity index (χ0v) is 17.4. The number of benzene rings is 2. The fraction of sp³-hybridized carbons (Fsp3) is 0.320. The Morgan fingerprint density at radius 3 is 2.38 bits per heavy atom. The van der Waals surface area contributed by atoms with Crippen LogP contribution in [0.3, 0.4) is 0 Å². The highest BCUT2D eigenvalue weighted by atomic mass is 16.6. The molecular weight excluding hydrogens is 360 g/mol. The smallest absolute Gasteiger partial charge is 0.341 e. The van der Waals surface area contributed by atoms with Crippen LogP contribution in [0.4, 0.5) is 5.69 Å². The van der Waals surface area contributed by atoms with Gasteiger partial charge in [-0.3, -0.25) is 0 Å². The van der Waals surface area contributed by atoms with Crippen LogP contribution in [0.1, 0.15) is 48.2 Å². The molecule has 1 unspecified atom stereocenters. The first-order valence-electron chi connectivity index (χ1n) is 10.4. The summed E-state index contributed by atoms with van der Waals surface area (Å²) in [5, 5.41) is 0. The van der Waals surface area contributed by atoms with Crippen LogP contribution in [0.5, 0.6) is 0 Å². The highest BCUT2D eigenvalue weighted by Gasteiger charge is 2.50. The number of hydrogen-bond donors (Lipinski definition) is 0. The summed E-state index contributed by atoms with van der Waals surface area (Å²) in [6.45, 7) is 6.22. The minimum atomic E-state index is -0.969. The number of cyclic esters (lactones) is 1. The van der Waals surface area contributed by atoms with Crippen molar-refractivity contribution in [2.24, 2.45) is 0 Å². The van der Waals surface area contributed by atoms with E-state index >= 15 is 0 Å². The van der Waals surface area contributed by atoms with E-state index in [-0.39, 0.29) is 5.97 Å². The lowest BCUT2D eigenvalue weighted by molar-refractivity contribution is -0.0567. The van der Waals surface area contributed by atoms with Crippen LogP contribution in [0.25, 0.3) is 0 Å². The van der Waals surface area contributed by atoms with Gasteiger partial charge >= 0.3 is 5.97 Å². The Bertz CT molecular complexity index is 957. The standard InChI is InChI=1S/C25H28N2O2/c1-4-27(5-2)21-17-15-19(16-18-21)25(26(3)20-11-7-6-8-12-20)23-14-10-9-13-22(23)24(28)29-25/h7,9-18H,4-6,8H2,1-3H3. The van der Waals surface area contributed by atoms with E-state index in [0.29, 0.717) is 5.56 Å². The van der Waals surface area contributed by atoms with Crippen LogP contribution < -0.4 is 4.90 Å². The van der Waals surface area contributed by atoms with Crippen molar-refractivity contribution in [3.8, 4) is 0 Å². The Morgan fingerprint density at radius 2 is 1.72 bits per heavy atom. The number of rotatable bonds is 6. The van der Waals surface area contributed by atoms with E-state index in [2.05, 4.69) is 66.1 Å². The maximum Gasteiger partial charge on any atom is 0.341 e. The molecule has 1 atom stereocenters. The van der Waals surface area contributed by atoms with Crippen molar-refractivity contribution in [1.82, 2.24) is 4.90 Å². The molecule has 0 fully saturated rings. The fourth-order valence-electron chi connectivity index (χ4n) is 4.37. The number of esters is 1. The fourth-order valence-corrected chi connectivity index (χ4v) is 4.37. The summed E-state index contributed by atoms with van der Waals surface area (Å²) >= 11 is 0. The SMILES string of the molecule is CCN(CC)c1ccc(C2(N(C)C3=CCCC=C3)OC(=O)c3ccccc32)cc1. The second-order valence-electron chi connectivity index (χ2n) is 7.47. The molecular formula is C25H28N2O2. The van der Waals surface area contributed by atoms with Gasteiger partial charge in [0.25, 0.3) is 0 Å². The van der Waals surface area contributed by atoms with Crippen molar-refractivity contribution >= 4 is 11.7 Å². The molecule has 0 amide bonds. The van der Waals surface area contributed by atoms with Gasteiger partial charge in [-0.1, -0.05) is 42.5 Å². The average Bonchev–Trinajstić information content (AvgIpc) is 3.09. The van der Waals surface area contributed by atoms with Crippen molar-refractivity contribution in [3.05, 3.63) is 89.1 Å². The summed E-state index contributed by atoms with van der Waals surface area (Å²) in [4.78, 5) is 17.2. The first-order chi connectivity index (χ1) is 14.1. The maximum absolute atomic E-state index is 12.8. The first kappa shape index (κ1) is 19.3. The van der Waals surface area contributed by atoms with Crippen molar-refractivity contribution in [2.45, 2.75) is 32.4 Å². The second kappa shape index (κ2) is 7.78. The number of allylic oxidation sites excluding steroid dienone is 3. The lowest BCUT2D eigenvalue weighted by atomic mass is 9.90. The van der Waals surface area contributed by atoms with E-state index < -0.39 is 5.72 Å². The molecule has 0 saturated heterocycles. The van der Waals surface area contributed by atoms with Gasteiger partial charge in [-0.15, -0.1) is 0 Å². The van der Waals surface area contributed by atoms with Crippen LogP contribution in [0, 0.1) is 0 Å². The van der Waals surface area contributed by atoms with Crippen molar-refractivity contribution < 1.29 is 9.53 Å². The summed E-state index contributed by atoms with van der Waals surface area (Å²) < 4.78 is 6.17. The molecule has 0 aromatic heterocycles. The monoisotopic (exact) mass is 388 g/mol. The third-order valence-corrected chi connectivity index (χ3v) is 5.97. The molecule has 2 aromatic carbocycles. The molecule has 0 radical (unpaired) electrons. The predicted molar refractivity (Wildman–Crippen MR) is 117 cm³/mol. The number of carbonyl (C=O) groups excluding carboxylic acids is 1. The third kappa shape index (κ3) is 3.13. The molecule has 4 rings (SSSR count). The lowest BCUT2D eigenvalue weighted by Gasteiger charge is -2.40. The molecule has 0 spiro atoms. The molecule has 4 heteroatoms. The zero-order chi connectivity index (χ0) is 20.4. The molecule has 29 heavy (non-hydrogen) atoms. The van der Waals surface area contributed by atoms with Gasteiger partial charge in [0, 0.05) is 42.6 Å². The topological polar surface area (TPSA) is 32.8 Å². The highest BCUT2D eigenvalue weighted by molar-refractivity contribution is 5.95. The van der Waals surface area contributed by atoms with Gasteiger partial charge in [-0.05, 0) is 51.0 Å². The predicted octanol–water partition coefficient (Wildman–Crippen LogP) is 5.07. The molecule has 2 aromatic rings. The van der Waals surface area contributed by atoms with Crippen LogP contribution in [0.15, 0.2) is 72.5 Å². The Labute approximate surface area is 173 Å². The summed E-state index contributed by atoms with van der Waals surface area (Å²) in [5.41, 5.74) is 3.74. The Balaban J connectivity index is 1.85. The van der Waals surface area contributed by atoms with Gasteiger partial charge in [-0.2, -0.15) is 0 Å². The molecule has 4 nitrogen and oxygen atoms in total. The molecule has 0 N–H and O–H groups in total. The summed E-state index contributed by atoms with van der Waals surface area (Å²) in [5.74, 6) is -0.277. The van der Waals surface area contributed by atoms with E-state index in [4.69, 9.17) is 4.74 Å². The zero-order valence-electron chi connectivity index (χ0n) is 17.4. The molecule has 1 aliphatic carbocycles. The average molecular weight is 389 g/mol. The van der Waals surface area contributed by atoms with Gasteiger partial charge < -0.3 is 14.5 Å². The molecule has 0 saturated carbocycles. The van der Waals surface area contributed by atoms with Crippen LogP contribution >= 0.6 is 0 Å². The van der Waals surface area contributed by atoms with Crippen LogP contribution in [-0.2, 0) is 10.5 Å².